The van der Waals surface area contributed by atoms with Gasteiger partial charge in [-0.15, -0.1) is 0 Å². The van der Waals surface area contributed by atoms with Gasteiger partial charge in [-0.3, -0.25) is 4.79 Å². The maximum Gasteiger partial charge on any atom is 0.224 e. The quantitative estimate of drug-likeness (QED) is 0.729. The Morgan fingerprint density at radius 3 is 3.00 bits per heavy atom. The van der Waals surface area contributed by atoms with Crippen LogP contribution in [0.5, 0.6) is 5.75 Å². The molecule has 2 aliphatic rings. The summed E-state index contributed by atoms with van der Waals surface area (Å²) >= 11 is 0. The van der Waals surface area contributed by atoms with Crippen LogP contribution in [0.1, 0.15) is 18.1 Å². The first-order chi connectivity index (χ1) is 11.0. The van der Waals surface area contributed by atoms with Crippen molar-refractivity contribution in [1.29, 1.82) is 0 Å². The number of benzene rings is 1. The molecule has 1 aromatic rings. The van der Waals surface area contributed by atoms with Gasteiger partial charge in [0.2, 0.25) is 5.91 Å². The fraction of sp³-hybridized carbons (Fsp3) is 0.588. The molecule has 0 aromatic heterocycles. The molecule has 126 valence electrons. The van der Waals surface area contributed by atoms with Gasteiger partial charge in [0, 0.05) is 18.9 Å². The van der Waals surface area contributed by atoms with Gasteiger partial charge in [-0.2, -0.15) is 0 Å². The minimum absolute atomic E-state index is 0.107. The van der Waals surface area contributed by atoms with Gasteiger partial charge >= 0.3 is 0 Å². The third-order valence-corrected chi connectivity index (χ3v) is 4.38. The Kier molecular flexibility index (Phi) is 4.84. The van der Waals surface area contributed by atoms with Crippen LogP contribution in [0.2, 0.25) is 0 Å². The minimum Gasteiger partial charge on any atom is -0.490 e. The summed E-state index contributed by atoms with van der Waals surface area (Å²) in [6, 6.07) is 5.83. The van der Waals surface area contributed by atoms with E-state index in [1.165, 1.54) is 0 Å². The van der Waals surface area contributed by atoms with Crippen molar-refractivity contribution in [2.24, 2.45) is 5.92 Å². The second-order valence-electron chi connectivity index (χ2n) is 6.41. The number of amides is 1. The van der Waals surface area contributed by atoms with Gasteiger partial charge in [0.1, 0.15) is 18.0 Å². The summed E-state index contributed by atoms with van der Waals surface area (Å²) < 4.78 is 10.9. The number of nitrogens with one attached hydrogen (secondary N) is 1. The van der Waals surface area contributed by atoms with Crippen molar-refractivity contribution in [3.63, 3.8) is 0 Å². The maximum absolute atomic E-state index is 12.1. The summed E-state index contributed by atoms with van der Waals surface area (Å²) in [6.07, 6.45) is -0.400. The van der Waals surface area contributed by atoms with Gasteiger partial charge in [-0.1, -0.05) is 12.1 Å². The molecule has 2 heterocycles. The van der Waals surface area contributed by atoms with Gasteiger partial charge in [-0.05, 0) is 24.1 Å². The van der Waals surface area contributed by atoms with Gasteiger partial charge < -0.3 is 25.0 Å². The van der Waals surface area contributed by atoms with Crippen molar-refractivity contribution in [2.45, 2.75) is 38.1 Å². The van der Waals surface area contributed by atoms with Crippen LogP contribution < -0.4 is 10.1 Å². The highest BCUT2D eigenvalue weighted by molar-refractivity contribution is 5.78. The second kappa shape index (κ2) is 6.86. The molecule has 3 rings (SSSR count). The summed E-state index contributed by atoms with van der Waals surface area (Å²) in [7, 11) is 0. The normalized spacial score (nSPS) is 29.7. The van der Waals surface area contributed by atoms with Crippen molar-refractivity contribution < 1.29 is 24.5 Å². The molecule has 23 heavy (non-hydrogen) atoms. The molecule has 3 N–H and O–H groups in total. The predicted octanol–water partition coefficient (Wildman–Crippen LogP) is 0.0369. The van der Waals surface area contributed by atoms with Crippen molar-refractivity contribution in [1.82, 2.24) is 5.32 Å². The monoisotopic (exact) mass is 321 g/mol. The number of ether oxygens (including phenoxy) is 2. The molecule has 1 fully saturated rings. The number of hydrogen-bond donors (Lipinski definition) is 3. The number of carbonyl (C=O) groups is 1. The average Bonchev–Trinajstić information content (AvgIpc) is 2.88. The van der Waals surface area contributed by atoms with Crippen LogP contribution in [0.3, 0.4) is 0 Å². The summed E-state index contributed by atoms with van der Waals surface area (Å²) in [6.45, 7) is 2.80. The highest BCUT2D eigenvalue weighted by Gasteiger charge is 2.31. The van der Waals surface area contributed by atoms with E-state index >= 15 is 0 Å². The number of aliphatic hydroxyl groups is 2. The Labute approximate surface area is 135 Å². The van der Waals surface area contributed by atoms with E-state index in [1.807, 2.05) is 25.1 Å². The largest absolute Gasteiger partial charge is 0.490 e. The molecule has 0 radical (unpaired) electrons. The smallest absolute Gasteiger partial charge is 0.224 e. The Morgan fingerprint density at radius 1 is 1.35 bits per heavy atom. The molecule has 1 saturated heterocycles. The topological polar surface area (TPSA) is 88.0 Å². The van der Waals surface area contributed by atoms with Crippen LogP contribution in [0.15, 0.2) is 18.2 Å². The molecule has 6 heteroatoms. The van der Waals surface area contributed by atoms with Gasteiger partial charge in [0.25, 0.3) is 0 Å². The molecule has 0 unspecified atom stereocenters. The van der Waals surface area contributed by atoms with Crippen LogP contribution in [-0.4, -0.2) is 54.2 Å². The first kappa shape index (κ1) is 16.2. The highest BCUT2D eigenvalue weighted by atomic mass is 16.5. The lowest BCUT2D eigenvalue weighted by Crippen LogP contribution is -2.48. The first-order valence-corrected chi connectivity index (χ1v) is 8.02. The van der Waals surface area contributed by atoms with E-state index in [2.05, 4.69) is 5.32 Å². The summed E-state index contributed by atoms with van der Waals surface area (Å²) in [5.74, 6) is 0.513. The van der Waals surface area contributed by atoms with Crippen molar-refractivity contribution >= 4 is 5.91 Å². The van der Waals surface area contributed by atoms with E-state index in [1.54, 1.807) is 0 Å². The molecular weight excluding hydrogens is 298 g/mol. The SMILES string of the molecule is C[C@H]1Cc2cc(CC(=O)NC[C@@H]3COC[C@@H](O)[C@H]3O)ccc2O1. The van der Waals surface area contributed by atoms with E-state index in [9.17, 15) is 15.0 Å². The fourth-order valence-corrected chi connectivity index (χ4v) is 3.11. The number of aliphatic hydroxyl groups excluding tert-OH is 2. The van der Waals surface area contributed by atoms with Gasteiger partial charge in [0.05, 0.1) is 25.7 Å². The number of hydrogen-bond acceptors (Lipinski definition) is 5. The zero-order valence-electron chi connectivity index (χ0n) is 13.2. The van der Waals surface area contributed by atoms with Crippen LogP contribution in [-0.2, 0) is 22.4 Å². The van der Waals surface area contributed by atoms with Crippen LogP contribution in [0.25, 0.3) is 0 Å². The zero-order valence-corrected chi connectivity index (χ0v) is 13.2. The van der Waals surface area contributed by atoms with E-state index in [-0.39, 0.29) is 31.0 Å². The average molecular weight is 321 g/mol. The molecule has 2 aliphatic heterocycles. The van der Waals surface area contributed by atoms with E-state index in [0.717, 1.165) is 23.3 Å². The van der Waals surface area contributed by atoms with E-state index < -0.39 is 12.2 Å². The molecule has 0 saturated carbocycles. The second-order valence-corrected chi connectivity index (χ2v) is 6.41. The third-order valence-electron chi connectivity index (χ3n) is 4.38. The van der Waals surface area contributed by atoms with Crippen molar-refractivity contribution in [3.8, 4) is 5.75 Å². The van der Waals surface area contributed by atoms with Crippen molar-refractivity contribution in [2.75, 3.05) is 19.8 Å². The van der Waals surface area contributed by atoms with E-state index in [0.29, 0.717) is 13.2 Å². The Hall–Kier alpha value is -1.63. The van der Waals surface area contributed by atoms with Crippen LogP contribution in [0.4, 0.5) is 0 Å². The number of fused-ring (bicyclic) bond motifs is 1. The fourth-order valence-electron chi connectivity index (χ4n) is 3.11. The molecule has 0 bridgehead atoms. The summed E-state index contributed by atoms with van der Waals surface area (Å²) in [5.41, 5.74) is 2.08. The minimum atomic E-state index is -0.885. The lowest BCUT2D eigenvalue weighted by atomic mass is 9.96. The Morgan fingerprint density at radius 2 is 2.17 bits per heavy atom. The zero-order chi connectivity index (χ0) is 16.4. The first-order valence-electron chi connectivity index (χ1n) is 8.02. The molecule has 0 spiro atoms. The van der Waals surface area contributed by atoms with Crippen LogP contribution >= 0.6 is 0 Å². The molecule has 6 nitrogen and oxygen atoms in total. The lowest BCUT2D eigenvalue weighted by Gasteiger charge is -2.31. The highest BCUT2D eigenvalue weighted by Crippen LogP contribution is 2.29. The third kappa shape index (κ3) is 3.83. The molecule has 4 atom stereocenters. The molecule has 0 aliphatic carbocycles. The molecule has 1 amide bonds. The molecule has 1 aromatic carbocycles. The van der Waals surface area contributed by atoms with Gasteiger partial charge in [0.15, 0.2) is 0 Å². The number of carbonyl (C=O) groups excluding carboxylic acids is 1. The van der Waals surface area contributed by atoms with E-state index in [4.69, 9.17) is 9.47 Å². The Balaban J connectivity index is 1.51. The Bertz CT molecular complexity index is 576. The van der Waals surface area contributed by atoms with Crippen LogP contribution in [0, 0.1) is 5.92 Å². The predicted molar refractivity (Wildman–Crippen MR) is 83.3 cm³/mol. The standard InChI is InChI=1S/C17H23NO5/c1-10-4-12-5-11(2-3-15(12)23-10)6-16(20)18-7-13-8-22-9-14(19)17(13)21/h2-3,5,10,13-14,17,19,21H,4,6-9H2,1H3,(H,18,20)/t10-,13+,14+,17-/m0/s1. The van der Waals surface area contributed by atoms with Gasteiger partial charge in [-0.25, -0.2) is 0 Å². The molecular formula is C17H23NO5. The summed E-state index contributed by atoms with van der Waals surface area (Å²) in [4.78, 5) is 12.1. The summed E-state index contributed by atoms with van der Waals surface area (Å²) in [5, 5.41) is 22.2. The number of rotatable bonds is 4. The lowest BCUT2D eigenvalue weighted by molar-refractivity contribution is -0.127. The maximum atomic E-state index is 12.1. The van der Waals surface area contributed by atoms with Crippen molar-refractivity contribution in [3.05, 3.63) is 29.3 Å².